The first-order valence-electron chi connectivity index (χ1n) is 11.2. The predicted molar refractivity (Wildman–Crippen MR) is 121 cm³/mol. The molecule has 0 bridgehead atoms. The molecule has 174 valence electrons. The van der Waals surface area contributed by atoms with Gasteiger partial charge in [-0.05, 0) is 35.1 Å². The second-order valence-electron chi connectivity index (χ2n) is 8.35. The van der Waals surface area contributed by atoms with E-state index >= 15 is 0 Å². The lowest BCUT2D eigenvalue weighted by Gasteiger charge is -2.21. The molecule has 2 amide bonds. The quantitative estimate of drug-likeness (QED) is 0.568. The molecule has 2 aliphatic rings. The minimum Gasteiger partial charge on any atom is -0.480 e. The van der Waals surface area contributed by atoms with Crippen molar-refractivity contribution in [3.8, 4) is 11.1 Å². The van der Waals surface area contributed by atoms with Crippen LogP contribution in [0.1, 0.15) is 36.8 Å². The van der Waals surface area contributed by atoms with Crippen molar-refractivity contribution in [2.45, 2.75) is 37.8 Å². The largest absolute Gasteiger partial charge is 0.480 e. The third-order valence-corrected chi connectivity index (χ3v) is 6.35. The second-order valence-corrected chi connectivity index (χ2v) is 8.35. The number of amides is 2. The summed E-state index contributed by atoms with van der Waals surface area (Å²) >= 11 is 0. The van der Waals surface area contributed by atoms with Crippen LogP contribution in [0.25, 0.3) is 11.1 Å². The number of hydrogen-bond acceptors (Lipinski definition) is 5. The van der Waals surface area contributed by atoms with E-state index in [2.05, 4.69) is 34.9 Å². The fourth-order valence-electron chi connectivity index (χ4n) is 4.59. The Hall–Kier alpha value is -3.39. The summed E-state index contributed by atoms with van der Waals surface area (Å²) < 4.78 is 11.0. The van der Waals surface area contributed by atoms with E-state index in [1.165, 1.54) is 0 Å². The van der Waals surface area contributed by atoms with Crippen molar-refractivity contribution < 1.29 is 29.0 Å². The molecule has 1 heterocycles. The van der Waals surface area contributed by atoms with Gasteiger partial charge in [0.25, 0.3) is 0 Å². The second kappa shape index (κ2) is 10.0. The van der Waals surface area contributed by atoms with Crippen LogP contribution < -0.4 is 10.6 Å². The SMILES string of the molecule is CCC(NC(=O)[C@@H]1OCC[C@@H]1CNC(=O)OCC1c2ccccc2-c2ccccc21)C(=O)O. The van der Waals surface area contributed by atoms with E-state index in [0.29, 0.717) is 13.0 Å². The van der Waals surface area contributed by atoms with Gasteiger partial charge >= 0.3 is 12.1 Å². The van der Waals surface area contributed by atoms with Gasteiger partial charge in [-0.1, -0.05) is 55.5 Å². The van der Waals surface area contributed by atoms with Crippen LogP contribution in [0.2, 0.25) is 0 Å². The number of carbonyl (C=O) groups is 3. The summed E-state index contributed by atoms with van der Waals surface area (Å²) in [4.78, 5) is 36.1. The molecule has 1 unspecified atom stereocenters. The third kappa shape index (κ3) is 4.85. The summed E-state index contributed by atoms with van der Waals surface area (Å²) in [7, 11) is 0. The third-order valence-electron chi connectivity index (χ3n) is 6.35. The Kier molecular flexibility index (Phi) is 6.93. The molecule has 0 saturated carbocycles. The Morgan fingerprint density at radius 1 is 1.09 bits per heavy atom. The molecule has 2 aromatic rings. The van der Waals surface area contributed by atoms with E-state index in [1.807, 2.05) is 24.3 Å². The molecular formula is C25H28N2O6. The van der Waals surface area contributed by atoms with Crippen LogP contribution >= 0.6 is 0 Å². The summed E-state index contributed by atoms with van der Waals surface area (Å²) in [6.07, 6.45) is -0.491. The van der Waals surface area contributed by atoms with Gasteiger partial charge in [-0.25, -0.2) is 9.59 Å². The van der Waals surface area contributed by atoms with Crippen LogP contribution in [0.15, 0.2) is 48.5 Å². The number of ether oxygens (including phenoxy) is 2. The number of nitrogens with one attached hydrogen (secondary N) is 2. The highest BCUT2D eigenvalue weighted by Gasteiger charge is 2.36. The molecule has 0 spiro atoms. The summed E-state index contributed by atoms with van der Waals surface area (Å²) in [6.45, 7) is 2.48. The lowest BCUT2D eigenvalue weighted by atomic mass is 9.98. The molecule has 0 radical (unpaired) electrons. The molecule has 3 atom stereocenters. The molecule has 1 aliphatic heterocycles. The fourth-order valence-corrected chi connectivity index (χ4v) is 4.59. The van der Waals surface area contributed by atoms with Crippen molar-refractivity contribution in [2.24, 2.45) is 5.92 Å². The van der Waals surface area contributed by atoms with Crippen LogP contribution in [0.3, 0.4) is 0 Å². The normalized spacial score (nSPS) is 19.9. The molecule has 8 heteroatoms. The van der Waals surface area contributed by atoms with Crippen LogP contribution in [0.5, 0.6) is 0 Å². The number of carboxylic acid groups (broad SMARTS) is 1. The van der Waals surface area contributed by atoms with E-state index in [-0.39, 0.29) is 31.4 Å². The van der Waals surface area contributed by atoms with E-state index in [1.54, 1.807) is 6.92 Å². The molecule has 3 N–H and O–H groups in total. The van der Waals surface area contributed by atoms with E-state index < -0.39 is 30.1 Å². The van der Waals surface area contributed by atoms with Crippen molar-refractivity contribution in [2.75, 3.05) is 19.8 Å². The van der Waals surface area contributed by atoms with Gasteiger partial charge in [0.1, 0.15) is 18.8 Å². The first kappa shape index (κ1) is 22.8. The maximum absolute atomic E-state index is 12.5. The van der Waals surface area contributed by atoms with Crippen LogP contribution in [-0.2, 0) is 19.1 Å². The molecule has 1 aliphatic carbocycles. The zero-order valence-electron chi connectivity index (χ0n) is 18.5. The Morgan fingerprint density at radius 2 is 1.73 bits per heavy atom. The number of carboxylic acids is 1. The summed E-state index contributed by atoms with van der Waals surface area (Å²) in [5, 5.41) is 14.4. The maximum atomic E-state index is 12.5. The monoisotopic (exact) mass is 452 g/mol. The lowest BCUT2D eigenvalue weighted by molar-refractivity contribution is -0.144. The maximum Gasteiger partial charge on any atom is 0.407 e. The molecule has 0 aromatic heterocycles. The summed E-state index contributed by atoms with van der Waals surface area (Å²) in [6, 6.07) is 15.3. The smallest absolute Gasteiger partial charge is 0.407 e. The standard InChI is InChI=1S/C25H28N2O6/c1-2-21(24(29)30)27-23(28)22-15(11-12-32-22)13-26-25(31)33-14-20-18-9-5-3-7-16(18)17-8-4-6-10-19(17)20/h3-10,15,20-22H,2,11-14H2,1H3,(H,26,31)(H,27,28)(H,29,30)/t15-,21?,22-/m1/s1. The number of carbonyl (C=O) groups excluding carboxylic acids is 2. The fraction of sp³-hybridized carbons (Fsp3) is 0.400. The zero-order chi connectivity index (χ0) is 23.4. The highest BCUT2D eigenvalue weighted by Crippen LogP contribution is 2.44. The van der Waals surface area contributed by atoms with Gasteiger partial charge in [-0.2, -0.15) is 0 Å². The van der Waals surface area contributed by atoms with Gasteiger partial charge in [0.05, 0.1) is 0 Å². The Bertz CT molecular complexity index is 994. The number of aliphatic carboxylic acids is 1. The Balaban J connectivity index is 1.31. The lowest BCUT2D eigenvalue weighted by Crippen LogP contribution is -2.48. The van der Waals surface area contributed by atoms with Crippen molar-refractivity contribution >= 4 is 18.0 Å². The number of alkyl carbamates (subject to hydrolysis) is 1. The van der Waals surface area contributed by atoms with E-state index in [0.717, 1.165) is 22.3 Å². The van der Waals surface area contributed by atoms with Gasteiger partial charge in [-0.3, -0.25) is 4.79 Å². The molecule has 1 fully saturated rings. The van der Waals surface area contributed by atoms with Crippen LogP contribution in [0, 0.1) is 5.92 Å². The highest BCUT2D eigenvalue weighted by atomic mass is 16.5. The van der Waals surface area contributed by atoms with Gasteiger partial charge in [0.15, 0.2) is 0 Å². The first-order valence-corrected chi connectivity index (χ1v) is 11.2. The molecule has 1 saturated heterocycles. The minimum atomic E-state index is -1.09. The van der Waals surface area contributed by atoms with Gasteiger partial charge < -0.3 is 25.2 Å². The zero-order valence-corrected chi connectivity index (χ0v) is 18.5. The number of rotatable bonds is 8. The molecular weight excluding hydrogens is 424 g/mol. The van der Waals surface area contributed by atoms with Crippen LogP contribution in [-0.4, -0.2) is 55.0 Å². The number of fused-ring (bicyclic) bond motifs is 3. The topological polar surface area (TPSA) is 114 Å². The number of hydrogen-bond donors (Lipinski definition) is 3. The van der Waals surface area contributed by atoms with Crippen molar-refractivity contribution in [3.05, 3.63) is 59.7 Å². The van der Waals surface area contributed by atoms with Gasteiger partial charge in [-0.15, -0.1) is 0 Å². The van der Waals surface area contributed by atoms with Gasteiger partial charge in [0.2, 0.25) is 5.91 Å². The molecule has 8 nitrogen and oxygen atoms in total. The first-order chi connectivity index (χ1) is 16.0. The molecule has 2 aromatic carbocycles. The number of benzene rings is 2. The average Bonchev–Trinajstić information content (AvgIpc) is 3.42. The van der Waals surface area contributed by atoms with E-state index in [4.69, 9.17) is 14.6 Å². The van der Waals surface area contributed by atoms with Crippen molar-refractivity contribution in [1.29, 1.82) is 0 Å². The molecule has 4 rings (SSSR count). The van der Waals surface area contributed by atoms with Gasteiger partial charge in [0, 0.05) is 25.0 Å². The van der Waals surface area contributed by atoms with Crippen molar-refractivity contribution in [1.82, 2.24) is 10.6 Å². The summed E-state index contributed by atoms with van der Waals surface area (Å²) in [5.41, 5.74) is 4.59. The van der Waals surface area contributed by atoms with Crippen LogP contribution in [0.4, 0.5) is 4.79 Å². The Labute approximate surface area is 192 Å². The highest BCUT2D eigenvalue weighted by molar-refractivity contribution is 5.86. The Morgan fingerprint density at radius 3 is 2.33 bits per heavy atom. The average molecular weight is 453 g/mol. The predicted octanol–water partition coefficient (Wildman–Crippen LogP) is 2.91. The van der Waals surface area contributed by atoms with E-state index in [9.17, 15) is 14.4 Å². The van der Waals surface area contributed by atoms with Crippen molar-refractivity contribution in [3.63, 3.8) is 0 Å². The minimum absolute atomic E-state index is 0.0292. The molecule has 33 heavy (non-hydrogen) atoms. The summed E-state index contributed by atoms with van der Waals surface area (Å²) in [5.74, 6) is -1.84.